The number of aliphatic hydroxyl groups is 1. The van der Waals surface area contributed by atoms with Crippen molar-refractivity contribution in [2.24, 2.45) is 0 Å². The normalized spacial score (nSPS) is 10.3. The van der Waals surface area contributed by atoms with Crippen molar-refractivity contribution in [2.75, 3.05) is 6.61 Å². The molecule has 1 N–H and O–H groups in total. The Morgan fingerprint density at radius 3 is 1.88 bits per heavy atom. The van der Waals surface area contributed by atoms with Crippen molar-refractivity contribution < 1.29 is 24.2 Å². The molecule has 0 aromatic heterocycles. The molecule has 3 aromatic rings. The number of thioether (sulfide) groups is 2. The van der Waals surface area contributed by atoms with Crippen LogP contribution in [0.5, 0.6) is 5.75 Å². The molecule has 0 fully saturated rings. The van der Waals surface area contributed by atoms with E-state index >= 15 is 0 Å². The van der Waals surface area contributed by atoms with E-state index in [-0.39, 0.29) is 15.8 Å². The highest BCUT2D eigenvalue weighted by atomic mass is 32.2. The molecule has 0 bridgehead atoms. The minimum Gasteiger partial charge on any atom is -0.423 e. The number of hydrogen-bond acceptors (Lipinski definition) is 7. The van der Waals surface area contributed by atoms with Crippen LogP contribution in [0, 0.1) is 0 Å². The van der Waals surface area contributed by atoms with E-state index in [9.17, 15) is 14.4 Å². The number of rotatable bonds is 8. The summed E-state index contributed by atoms with van der Waals surface area (Å²) < 4.78 is 5.08. The standard InChI is InChI=1S/C26H20O5S2/c1-3-24(28)32-22-12-8-19(9-13-22)18-4-6-20(7-5-18)26(30)33-23-14-10-21(11-15-23)31-25(29)17(2)16-27/h3-15,27H,1-2,16H2. The van der Waals surface area contributed by atoms with E-state index in [1.54, 1.807) is 36.4 Å². The van der Waals surface area contributed by atoms with Crippen LogP contribution < -0.4 is 4.74 Å². The van der Waals surface area contributed by atoms with Crippen LogP contribution in [-0.2, 0) is 9.59 Å². The summed E-state index contributed by atoms with van der Waals surface area (Å²) in [5.41, 5.74) is 2.46. The van der Waals surface area contributed by atoms with Crippen molar-refractivity contribution in [3.8, 4) is 16.9 Å². The molecule has 166 valence electrons. The van der Waals surface area contributed by atoms with Crippen LogP contribution in [0.15, 0.2) is 107 Å². The lowest BCUT2D eigenvalue weighted by atomic mass is 10.0. The van der Waals surface area contributed by atoms with Gasteiger partial charge in [0.25, 0.3) is 0 Å². The van der Waals surface area contributed by atoms with Gasteiger partial charge in [-0.05, 0) is 89.3 Å². The molecule has 0 amide bonds. The van der Waals surface area contributed by atoms with E-state index in [0.29, 0.717) is 16.2 Å². The maximum Gasteiger partial charge on any atom is 0.341 e. The summed E-state index contributed by atoms with van der Waals surface area (Å²) >= 11 is 2.18. The number of hydrogen-bond donors (Lipinski definition) is 1. The van der Waals surface area contributed by atoms with E-state index in [4.69, 9.17) is 9.84 Å². The fraction of sp³-hybridized carbons (Fsp3) is 0.0385. The molecule has 0 spiro atoms. The van der Waals surface area contributed by atoms with Crippen LogP contribution in [0.2, 0.25) is 0 Å². The zero-order chi connectivity index (χ0) is 23.8. The van der Waals surface area contributed by atoms with Gasteiger partial charge < -0.3 is 9.84 Å². The maximum absolute atomic E-state index is 12.6. The van der Waals surface area contributed by atoms with Crippen LogP contribution in [-0.4, -0.2) is 27.9 Å². The lowest BCUT2D eigenvalue weighted by molar-refractivity contribution is -0.130. The Labute approximate surface area is 200 Å². The fourth-order valence-electron chi connectivity index (χ4n) is 2.66. The number of aliphatic hydroxyl groups excluding tert-OH is 1. The molecule has 0 radical (unpaired) electrons. The molecule has 0 saturated carbocycles. The maximum atomic E-state index is 12.6. The van der Waals surface area contributed by atoms with Gasteiger partial charge in [0.1, 0.15) is 5.75 Å². The second-order valence-electron chi connectivity index (χ2n) is 6.74. The molecule has 0 aliphatic heterocycles. The van der Waals surface area contributed by atoms with Crippen molar-refractivity contribution in [3.63, 3.8) is 0 Å². The first-order valence-electron chi connectivity index (χ1n) is 9.77. The molecule has 7 heteroatoms. The Kier molecular flexibility index (Phi) is 8.43. The molecular formula is C26H20O5S2. The average molecular weight is 477 g/mol. The van der Waals surface area contributed by atoms with E-state index < -0.39 is 12.6 Å². The third-order valence-corrected chi connectivity index (χ3v) is 6.22. The highest BCUT2D eigenvalue weighted by Gasteiger charge is 2.11. The minimum absolute atomic E-state index is 0.0373. The monoisotopic (exact) mass is 476 g/mol. The molecule has 3 rings (SSSR count). The minimum atomic E-state index is -0.701. The van der Waals surface area contributed by atoms with Crippen LogP contribution in [0.4, 0.5) is 0 Å². The highest BCUT2D eigenvalue weighted by Crippen LogP contribution is 2.28. The fourth-order valence-corrected chi connectivity index (χ4v) is 3.99. The Bertz CT molecular complexity index is 1180. The van der Waals surface area contributed by atoms with Crippen molar-refractivity contribution >= 4 is 39.7 Å². The Hall–Kier alpha value is -3.39. The second-order valence-corrected chi connectivity index (χ2v) is 8.86. The molecule has 33 heavy (non-hydrogen) atoms. The van der Waals surface area contributed by atoms with E-state index in [1.165, 1.54) is 6.08 Å². The quantitative estimate of drug-likeness (QED) is 0.198. The smallest absolute Gasteiger partial charge is 0.341 e. The third kappa shape index (κ3) is 6.79. The second kappa shape index (κ2) is 11.5. The van der Waals surface area contributed by atoms with Gasteiger partial charge in [-0.25, -0.2) is 4.79 Å². The molecule has 0 aliphatic rings. The number of esters is 1. The first-order valence-corrected chi connectivity index (χ1v) is 11.4. The molecule has 5 nitrogen and oxygen atoms in total. The zero-order valence-electron chi connectivity index (χ0n) is 17.5. The topological polar surface area (TPSA) is 80.7 Å². The van der Waals surface area contributed by atoms with Gasteiger partial charge >= 0.3 is 5.97 Å². The Morgan fingerprint density at radius 1 is 0.818 bits per heavy atom. The first-order chi connectivity index (χ1) is 15.9. The average Bonchev–Trinajstić information content (AvgIpc) is 2.85. The summed E-state index contributed by atoms with van der Waals surface area (Å²) in [4.78, 5) is 37.2. The summed E-state index contributed by atoms with van der Waals surface area (Å²) in [6.45, 7) is 6.41. The van der Waals surface area contributed by atoms with Gasteiger partial charge in [-0.1, -0.05) is 37.4 Å². The zero-order valence-corrected chi connectivity index (χ0v) is 19.2. The highest BCUT2D eigenvalue weighted by molar-refractivity contribution is 8.14. The van der Waals surface area contributed by atoms with Gasteiger partial charge in [-0.3, -0.25) is 9.59 Å². The van der Waals surface area contributed by atoms with Gasteiger partial charge in [-0.2, -0.15) is 0 Å². The summed E-state index contributed by atoms with van der Waals surface area (Å²) in [7, 11) is 0. The summed E-state index contributed by atoms with van der Waals surface area (Å²) in [5, 5.41) is 8.69. The summed E-state index contributed by atoms with van der Waals surface area (Å²) in [5.74, 6) is -0.401. The van der Waals surface area contributed by atoms with Gasteiger partial charge in [-0.15, -0.1) is 0 Å². The van der Waals surface area contributed by atoms with Gasteiger partial charge in [0.2, 0.25) is 10.2 Å². The van der Waals surface area contributed by atoms with Gasteiger partial charge in [0.15, 0.2) is 0 Å². The number of carbonyl (C=O) groups is 3. The predicted molar refractivity (Wildman–Crippen MR) is 131 cm³/mol. The number of carbonyl (C=O) groups excluding carboxylic acids is 3. The number of benzene rings is 3. The molecule has 0 unspecified atom stereocenters. The summed E-state index contributed by atoms with van der Waals surface area (Å²) in [6.07, 6.45) is 1.28. The van der Waals surface area contributed by atoms with Crippen molar-refractivity contribution in [1.82, 2.24) is 0 Å². The molecule has 0 saturated heterocycles. The molecular weight excluding hydrogens is 456 g/mol. The van der Waals surface area contributed by atoms with E-state index in [2.05, 4.69) is 13.2 Å². The van der Waals surface area contributed by atoms with E-state index in [0.717, 1.165) is 39.5 Å². The molecule has 0 heterocycles. The van der Waals surface area contributed by atoms with Gasteiger partial charge in [0, 0.05) is 15.4 Å². The van der Waals surface area contributed by atoms with Crippen molar-refractivity contribution in [1.29, 1.82) is 0 Å². The summed E-state index contributed by atoms with van der Waals surface area (Å²) in [6, 6.07) is 21.4. The van der Waals surface area contributed by atoms with Crippen molar-refractivity contribution in [3.05, 3.63) is 103 Å². The Balaban J connectivity index is 1.61. The first kappa shape index (κ1) is 24.3. The Morgan fingerprint density at radius 2 is 1.33 bits per heavy atom. The van der Waals surface area contributed by atoms with E-state index in [1.807, 2.05) is 36.4 Å². The van der Waals surface area contributed by atoms with Crippen LogP contribution in [0.1, 0.15) is 10.4 Å². The van der Waals surface area contributed by atoms with Crippen molar-refractivity contribution in [2.45, 2.75) is 9.79 Å². The lowest BCUT2D eigenvalue weighted by Gasteiger charge is -2.07. The largest absolute Gasteiger partial charge is 0.423 e. The van der Waals surface area contributed by atoms with Crippen LogP contribution >= 0.6 is 23.5 Å². The van der Waals surface area contributed by atoms with Crippen LogP contribution in [0.25, 0.3) is 11.1 Å². The van der Waals surface area contributed by atoms with Crippen LogP contribution in [0.3, 0.4) is 0 Å². The van der Waals surface area contributed by atoms with Gasteiger partial charge in [0.05, 0.1) is 12.2 Å². The molecule has 3 aromatic carbocycles. The third-order valence-electron chi connectivity index (χ3n) is 4.42. The lowest BCUT2D eigenvalue weighted by Crippen LogP contribution is -2.12. The molecule has 0 atom stereocenters. The predicted octanol–water partition coefficient (Wildman–Crippen LogP) is 5.54. The number of ether oxygens (including phenoxy) is 1. The SMILES string of the molecule is C=CC(=O)Sc1ccc(-c2ccc(C(=O)Sc3ccc(OC(=O)C(=C)CO)cc3)cc2)cc1. The molecule has 0 aliphatic carbocycles.